The molecule has 142 valence electrons. The van der Waals surface area contributed by atoms with Crippen LogP contribution in [0, 0.1) is 12.8 Å². The van der Waals surface area contributed by atoms with Crippen LogP contribution in [0.5, 0.6) is 0 Å². The normalized spacial score (nSPS) is 14.7. The van der Waals surface area contributed by atoms with Crippen molar-refractivity contribution in [3.8, 4) is 0 Å². The highest BCUT2D eigenvalue weighted by Gasteiger charge is 2.16. The fourth-order valence-corrected chi connectivity index (χ4v) is 3.28. The summed E-state index contributed by atoms with van der Waals surface area (Å²) < 4.78 is 0. The van der Waals surface area contributed by atoms with Crippen molar-refractivity contribution in [2.45, 2.75) is 33.1 Å². The first-order valence-electron chi connectivity index (χ1n) is 9.51. The Morgan fingerprint density at radius 3 is 2.26 bits per heavy atom. The second-order valence-corrected chi connectivity index (χ2v) is 7.30. The summed E-state index contributed by atoms with van der Waals surface area (Å²) in [5.41, 5.74) is 3.58. The van der Waals surface area contributed by atoms with Gasteiger partial charge in [0.15, 0.2) is 0 Å². The van der Waals surface area contributed by atoms with E-state index in [-0.39, 0.29) is 18.2 Å². The van der Waals surface area contributed by atoms with E-state index in [1.54, 1.807) is 0 Å². The van der Waals surface area contributed by atoms with Gasteiger partial charge in [-0.25, -0.2) is 0 Å². The van der Waals surface area contributed by atoms with Gasteiger partial charge in [-0.3, -0.25) is 9.59 Å². The number of anilines is 3. The van der Waals surface area contributed by atoms with Gasteiger partial charge in [0.2, 0.25) is 11.8 Å². The monoisotopic (exact) mass is 365 g/mol. The number of piperidine rings is 1. The fourth-order valence-electron chi connectivity index (χ4n) is 3.28. The number of nitrogens with one attached hydrogen (secondary N) is 2. The van der Waals surface area contributed by atoms with E-state index >= 15 is 0 Å². The number of hydrogen-bond acceptors (Lipinski definition) is 3. The van der Waals surface area contributed by atoms with Crippen LogP contribution in [0.3, 0.4) is 0 Å². The molecule has 5 heteroatoms. The lowest BCUT2D eigenvalue weighted by Crippen LogP contribution is -2.32. The van der Waals surface area contributed by atoms with Gasteiger partial charge in [-0.1, -0.05) is 25.1 Å². The number of hydrogen-bond donors (Lipinski definition) is 2. The Bertz CT molecular complexity index is 793. The zero-order chi connectivity index (χ0) is 19.2. The molecule has 27 heavy (non-hydrogen) atoms. The number of amides is 2. The maximum absolute atomic E-state index is 12.1. The van der Waals surface area contributed by atoms with E-state index in [4.69, 9.17) is 0 Å². The largest absolute Gasteiger partial charge is 0.372 e. The third-order valence-corrected chi connectivity index (χ3v) is 5.04. The molecule has 0 aromatic heterocycles. The minimum Gasteiger partial charge on any atom is -0.372 e. The summed E-state index contributed by atoms with van der Waals surface area (Å²) in [5, 5.41) is 5.57. The molecule has 1 heterocycles. The Kier molecular flexibility index (Phi) is 6.12. The van der Waals surface area contributed by atoms with Crippen LogP contribution in [-0.2, 0) is 9.59 Å². The van der Waals surface area contributed by atoms with E-state index in [0.717, 1.165) is 30.3 Å². The number of carbonyl (C=O) groups is 2. The molecule has 1 aliphatic rings. The van der Waals surface area contributed by atoms with E-state index < -0.39 is 0 Å². The number of carbonyl (C=O) groups excluding carboxylic acids is 2. The van der Waals surface area contributed by atoms with Crippen molar-refractivity contribution >= 4 is 28.9 Å². The second kappa shape index (κ2) is 8.71. The Labute approximate surface area is 160 Å². The molecule has 5 nitrogen and oxygen atoms in total. The van der Waals surface area contributed by atoms with Crippen LogP contribution in [0.2, 0.25) is 0 Å². The third kappa shape index (κ3) is 5.33. The van der Waals surface area contributed by atoms with Crippen LogP contribution in [-0.4, -0.2) is 24.9 Å². The molecule has 1 saturated heterocycles. The van der Waals surface area contributed by atoms with E-state index in [2.05, 4.69) is 22.5 Å². The SMILES string of the molecule is Cc1ccccc1NC(=O)CC(=O)Nc1ccc(N2CCC(C)CC2)cc1. The summed E-state index contributed by atoms with van der Waals surface area (Å²) in [5.74, 6) is 0.159. The van der Waals surface area contributed by atoms with E-state index in [9.17, 15) is 9.59 Å². The molecular weight excluding hydrogens is 338 g/mol. The van der Waals surface area contributed by atoms with Gasteiger partial charge in [0, 0.05) is 30.2 Å². The van der Waals surface area contributed by atoms with Crippen molar-refractivity contribution in [1.82, 2.24) is 0 Å². The van der Waals surface area contributed by atoms with E-state index in [1.807, 2.05) is 55.5 Å². The molecule has 0 radical (unpaired) electrons. The van der Waals surface area contributed by atoms with Crippen molar-refractivity contribution in [3.63, 3.8) is 0 Å². The maximum atomic E-state index is 12.1. The van der Waals surface area contributed by atoms with Gasteiger partial charge in [0.1, 0.15) is 6.42 Å². The highest BCUT2D eigenvalue weighted by atomic mass is 16.2. The van der Waals surface area contributed by atoms with Gasteiger partial charge in [-0.2, -0.15) is 0 Å². The summed E-state index contributed by atoms with van der Waals surface area (Å²) in [4.78, 5) is 26.6. The zero-order valence-electron chi connectivity index (χ0n) is 16.0. The van der Waals surface area contributed by atoms with Crippen LogP contribution in [0.25, 0.3) is 0 Å². The van der Waals surface area contributed by atoms with E-state index in [0.29, 0.717) is 5.69 Å². The van der Waals surface area contributed by atoms with Crippen molar-refractivity contribution in [1.29, 1.82) is 0 Å². The van der Waals surface area contributed by atoms with Gasteiger partial charge < -0.3 is 15.5 Å². The number of nitrogens with zero attached hydrogens (tertiary/aromatic N) is 1. The Morgan fingerprint density at radius 2 is 1.59 bits per heavy atom. The molecular formula is C22H27N3O2. The molecule has 2 amide bonds. The number of para-hydroxylation sites is 1. The van der Waals surface area contributed by atoms with Crippen molar-refractivity contribution in [2.75, 3.05) is 28.6 Å². The van der Waals surface area contributed by atoms with Crippen molar-refractivity contribution in [2.24, 2.45) is 5.92 Å². The summed E-state index contributed by atoms with van der Waals surface area (Å²) in [6.07, 6.45) is 2.23. The number of benzene rings is 2. The molecule has 0 spiro atoms. The summed E-state index contributed by atoms with van der Waals surface area (Å²) in [6.45, 7) is 6.36. The van der Waals surface area contributed by atoms with Crippen LogP contribution in [0.1, 0.15) is 31.7 Å². The average molecular weight is 365 g/mol. The van der Waals surface area contributed by atoms with Crippen LogP contribution >= 0.6 is 0 Å². The lowest BCUT2D eigenvalue weighted by atomic mass is 9.99. The zero-order valence-corrected chi connectivity index (χ0v) is 16.0. The number of aryl methyl sites for hydroxylation is 1. The molecule has 0 bridgehead atoms. The van der Waals surface area contributed by atoms with Gasteiger partial charge in [0.25, 0.3) is 0 Å². The first kappa shape index (κ1) is 19.0. The highest BCUT2D eigenvalue weighted by Crippen LogP contribution is 2.24. The molecule has 2 aromatic carbocycles. The van der Waals surface area contributed by atoms with E-state index in [1.165, 1.54) is 18.5 Å². The highest BCUT2D eigenvalue weighted by molar-refractivity contribution is 6.08. The molecule has 2 N–H and O–H groups in total. The molecule has 0 atom stereocenters. The quantitative estimate of drug-likeness (QED) is 0.781. The molecule has 0 aliphatic carbocycles. The van der Waals surface area contributed by atoms with Gasteiger partial charge in [-0.05, 0) is 61.6 Å². The topological polar surface area (TPSA) is 61.4 Å². The average Bonchev–Trinajstić information content (AvgIpc) is 2.65. The Balaban J connectivity index is 1.50. The van der Waals surface area contributed by atoms with Gasteiger partial charge in [0.05, 0.1) is 0 Å². The first-order valence-corrected chi connectivity index (χ1v) is 9.51. The summed E-state index contributed by atoms with van der Waals surface area (Å²) in [6, 6.07) is 15.3. The summed E-state index contributed by atoms with van der Waals surface area (Å²) >= 11 is 0. The molecule has 1 aliphatic heterocycles. The van der Waals surface area contributed by atoms with Crippen LogP contribution in [0.15, 0.2) is 48.5 Å². The van der Waals surface area contributed by atoms with Crippen LogP contribution < -0.4 is 15.5 Å². The van der Waals surface area contributed by atoms with Gasteiger partial charge in [-0.15, -0.1) is 0 Å². The van der Waals surface area contributed by atoms with Crippen LogP contribution in [0.4, 0.5) is 17.1 Å². The first-order chi connectivity index (χ1) is 13.0. The lowest BCUT2D eigenvalue weighted by Gasteiger charge is -2.32. The molecule has 3 rings (SSSR count). The maximum Gasteiger partial charge on any atom is 0.233 e. The molecule has 2 aromatic rings. The lowest BCUT2D eigenvalue weighted by molar-refractivity contribution is -0.123. The minimum absolute atomic E-state index is 0.208. The second-order valence-electron chi connectivity index (χ2n) is 7.30. The van der Waals surface area contributed by atoms with Crippen molar-refractivity contribution < 1.29 is 9.59 Å². The minimum atomic E-state index is -0.319. The van der Waals surface area contributed by atoms with Crippen molar-refractivity contribution in [3.05, 3.63) is 54.1 Å². The Hall–Kier alpha value is -2.82. The predicted molar refractivity (Wildman–Crippen MR) is 110 cm³/mol. The Morgan fingerprint density at radius 1 is 0.963 bits per heavy atom. The molecule has 0 saturated carbocycles. The molecule has 1 fully saturated rings. The summed E-state index contributed by atoms with van der Waals surface area (Å²) in [7, 11) is 0. The fraction of sp³-hybridized carbons (Fsp3) is 0.364. The third-order valence-electron chi connectivity index (χ3n) is 5.04. The molecule has 0 unspecified atom stereocenters. The smallest absolute Gasteiger partial charge is 0.233 e. The van der Waals surface area contributed by atoms with Gasteiger partial charge >= 0.3 is 0 Å². The predicted octanol–water partition coefficient (Wildman–Crippen LogP) is 4.20. The standard InChI is InChI=1S/C22H27N3O2/c1-16-11-13-25(14-12-16)19-9-7-18(8-10-19)23-21(26)15-22(27)24-20-6-4-3-5-17(20)2/h3-10,16H,11-15H2,1-2H3,(H,23,26)(H,24,27). The number of rotatable bonds is 5.